The van der Waals surface area contributed by atoms with E-state index in [0.29, 0.717) is 11.6 Å². The summed E-state index contributed by atoms with van der Waals surface area (Å²) in [7, 11) is 0. The molecule has 2 aromatic rings. The lowest BCUT2D eigenvalue weighted by Crippen LogP contribution is -2.19. The van der Waals surface area contributed by atoms with Gasteiger partial charge in [0.1, 0.15) is 0 Å². The number of hydrogen-bond donors (Lipinski definition) is 2. The third kappa shape index (κ3) is 4.35. The SMILES string of the molecule is O=C(Nc1ccccc1NCC1CCCCC1)c1ocnc1C(F)F. The summed E-state index contributed by atoms with van der Waals surface area (Å²) in [4.78, 5) is 15.7. The molecule has 134 valence electrons. The van der Waals surface area contributed by atoms with Crippen LogP contribution in [-0.2, 0) is 0 Å². The number of halogens is 2. The van der Waals surface area contributed by atoms with E-state index in [1.165, 1.54) is 32.1 Å². The minimum atomic E-state index is -2.86. The summed E-state index contributed by atoms with van der Waals surface area (Å²) in [6, 6.07) is 7.21. The van der Waals surface area contributed by atoms with E-state index in [1.54, 1.807) is 12.1 Å². The Balaban J connectivity index is 1.67. The average molecular weight is 349 g/mol. The van der Waals surface area contributed by atoms with Crippen molar-refractivity contribution in [1.29, 1.82) is 0 Å². The molecule has 0 saturated heterocycles. The Kier molecular flexibility index (Phi) is 5.63. The lowest BCUT2D eigenvalue weighted by atomic mass is 9.89. The van der Waals surface area contributed by atoms with Crippen molar-refractivity contribution in [2.45, 2.75) is 38.5 Å². The van der Waals surface area contributed by atoms with Gasteiger partial charge in [0.25, 0.3) is 12.3 Å². The van der Waals surface area contributed by atoms with E-state index in [9.17, 15) is 13.6 Å². The molecule has 0 aliphatic heterocycles. The third-order valence-corrected chi connectivity index (χ3v) is 4.49. The van der Waals surface area contributed by atoms with E-state index in [0.717, 1.165) is 18.6 Å². The number of alkyl halides is 2. The molecule has 3 rings (SSSR count). The zero-order valence-corrected chi connectivity index (χ0v) is 13.8. The molecule has 1 fully saturated rings. The van der Waals surface area contributed by atoms with Crippen LogP contribution >= 0.6 is 0 Å². The van der Waals surface area contributed by atoms with Gasteiger partial charge in [0.2, 0.25) is 5.76 Å². The smallest absolute Gasteiger partial charge is 0.293 e. The molecule has 1 aromatic heterocycles. The van der Waals surface area contributed by atoms with Crippen molar-refractivity contribution in [3.63, 3.8) is 0 Å². The average Bonchev–Trinajstić information content (AvgIpc) is 3.12. The van der Waals surface area contributed by atoms with E-state index in [1.807, 2.05) is 12.1 Å². The molecule has 1 saturated carbocycles. The molecular formula is C18H21F2N3O2. The minimum absolute atomic E-state index is 0.461. The van der Waals surface area contributed by atoms with Crippen molar-refractivity contribution < 1.29 is 18.0 Å². The van der Waals surface area contributed by atoms with Crippen molar-refractivity contribution in [1.82, 2.24) is 4.98 Å². The Morgan fingerprint density at radius 2 is 1.92 bits per heavy atom. The van der Waals surface area contributed by atoms with Crippen molar-refractivity contribution in [3.8, 4) is 0 Å². The molecule has 1 aliphatic carbocycles. The molecule has 0 atom stereocenters. The molecule has 2 N–H and O–H groups in total. The van der Waals surface area contributed by atoms with Gasteiger partial charge in [0.15, 0.2) is 12.1 Å². The second-order valence-corrected chi connectivity index (χ2v) is 6.25. The second-order valence-electron chi connectivity index (χ2n) is 6.25. The molecule has 25 heavy (non-hydrogen) atoms. The van der Waals surface area contributed by atoms with Gasteiger partial charge in [0, 0.05) is 6.54 Å². The van der Waals surface area contributed by atoms with Gasteiger partial charge in [-0.15, -0.1) is 0 Å². The van der Waals surface area contributed by atoms with Crippen LogP contribution in [0.2, 0.25) is 0 Å². The summed E-state index contributed by atoms with van der Waals surface area (Å²) < 4.78 is 30.5. The highest BCUT2D eigenvalue weighted by molar-refractivity contribution is 6.04. The van der Waals surface area contributed by atoms with Gasteiger partial charge in [-0.2, -0.15) is 0 Å². The van der Waals surface area contributed by atoms with E-state index >= 15 is 0 Å². The highest BCUT2D eigenvalue weighted by Gasteiger charge is 2.24. The van der Waals surface area contributed by atoms with Crippen LogP contribution < -0.4 is 10.6 Å². The first kappa shape index (κ1) is 17.4. The Hall–Kier alpha value is -2.44. The molecular weight excluding hydrogens is 328 g/mol. The quantitative estimate of drug-likeness (QED) is 0.782. The Labute approximate surface area is 144 Å². The molecule has 0 radical (unpaired) electrons. The fraction of sp³-hybridized carbons (Fsp3) is 0.444. The maximum absolute atomic E-state index is 12.9. The van der Waals surface area contributed by atoms with E-state index in [-0.39, 0.29) is 0 Å². The van der Waals surface area contributed by atoms with Gasteiger partial charge in [-0.05, 0) is 30.9 Å². The zero-order chi connectivity index (χ0) is 17.6. The first-order valence-corrected chi connectivity index (χ1v) is 8.51. The molecule has 0 spiro atoms. The van der Waals surface area contributed by atoms with Crippen molar-refractivity contribution in [2.24, 2.45) is 5.92 Å². The molecule has 1 heterocycles. The highest BCUT2D eigenvalue weighted by atomic mass is 19.3. The van der Waals surface area contributed by atoms with Gasteiger partial charge < -0.3 is 15.1 Å². The zero-order valence-electron chi connectivity index (χ0n) is 13.8. The summed E-state index contributed by atoms with van der Waals surface area (Å²) in [6.45, 7) is 0.831. The minimum Gasteiger partial charge on any atom is -0.438 e. The number of rotatable bonds is 6. The van der Waals surface area contributed by atoms with Crippen molar-refractivity contribution in [2.75, 3.05) is 17.2 Å². The predicted molar refractivity (Wildman–Crippen MR) is 90.9 cm³/mol. The van der Waals surface area contributed by atoms with Crippen LogP contribution in [0, 0.1) is 5.92 Å². The molecule has 7 heteroatoms. The summed E-state index contributed by atoms with van der Waals surface area (Å²) >= 11 is 0. The van der Waals surface area contributed by atoms with Crippen LogP contribution in [0.3, 0.4) is 0 Å². The van der Waals surface area contributed by atoms with Crippen LogP contribution in [-0.4, -0.2) is 17.4 Å². The topological polar surface area (TPSA) is 67.2 Å². The third-order valence-electron chi connectivity index (χ3n) is 4.49. The Bertz CT molecular complexity index is 712. The largest absolute Gasteiger partial charge is 0.438 e. The lowest BCUT2D eigenvalue weighted by molar-refractivity contribution is 0.0976. The van der Waals surface area contributed by atoms with Crippen LogP contribution in [0.25, 0.3) is 0 Å². The molecule has 5 nitrogen and oxygen atoms in total. The molecule has 1 amide bonds. The van der Waals surface area contributed by atoms with Crippen LogP contribution in [0.15, 0.2) is 35.1 Å². The number of nitrogens with zero attached hydrogens (tertiary/aromatic N) is 1. The number of benzene rings is 1. The van der Waals surface area contributed by atoms with E-state index < -0.39 is 23.8 Å². The number of carbonyl (C=O) groups excluding carboxylic acids is 1. The maximum atomic E-state index is 12.9. The normalized spacial score (nSPS) is 15.3. The number of hydrogen-bond acceptors (Lipinski definition) is 4. The van der Waals surface area contributed by atoms with Crippen LogP contribution in [0.4, 0.5) is 20.2 Å². The molecule has 0 unspecified atom stereocenters. The summed E-state index contributed by atoms with van der Waals surface area (Å²) in [5.74, 6) is -0.575. The van der Waals surface area contributed by atoms with Gasteiger partial charge >= 0.3 is 0 Å². The van der Waals surface area contributed by atoms with Gasteiger partial charge in [-0.3, -0.25) is 4.79 Å². The van der Waals surface area contributed by atoms with Gasteiger partial charge in [0.05, 0.1) is 11.4 Å². The summed E-state index contributed by atoms with van der Waals surface area (Å²) in [6.07, 6.45) is 4.21. The Morgan fingerprint density at radius 3 is 2.64 bits per heavy atom. The van der Waals surface area contributed by atoms with E-state index in [2.05, 4.69) is 15.6 Å². The summed E-state index contributed by atoms with van der Waals surface area (Å²) in [5.41, 5.74) is 0.643. The van der Waals surface area contributed by atoms with Crippen LogP contribution in [0.1, 0.15) is 54.8 Å². The second kappa shape index (κ2) is 8.09. The van der Waals surface area contributed by atoms with Crippen molar-refractivity contribution >= 4 is 17.3 Å². The molecule has 1 aromatic carbocycles. The number of aromatic nitrogens is 1. The van der Waals surface area contributed by atoms with Gasteiger partial charge in [-0.25, -0.2) is 13.8 Å². The number of amides is 1. The number of para-hydroxylation sites is 2. The fourth-order valence-electron chi connectivity index (χ4n) is 3.15. The first-order chi connectivity index (χ1) is 12.1. The Morgan fingerprint density at radius 1 is 1.20 bits per heavy atom. The highest BCUT2D eigenvalue weighted by Crippen LogP contribution is 2.27. The first-order valence-electron chi connectivity index (χ1n) is 8.51. The number of carbonyl (C=O) groups is 1. The number of anilines is 2. The number of oxazole rings is 1. The maximum Gasteiger partial charge on any atom is 0.293 e. The molecule has 1 aliphatic rings. The monoisotopic (exact) mass is 349 g/mol. The number of nitrogens with one attached hydrogen (secondary N) is 2. The lowest BCUT2D eigenvalue weighted by Gasteiger charge is -2.23. The summed E-state index contributed by atoms with van der Waals surface area (Å²) in [5, 5.41) is 5.99. The fourth-order valence-corrected chi connectivity index (χ4v) is 3.15. The van der Waals surface area contributed by atoms with Crippen LogP contribution in [0.5, 0.6) is 0 Å². The predicted octanol–water partition coefficient (Wildman–Crippen LogP) is 4.86. The van der Waals surface area contributed by atoms with Crippen molar-refractivity contribution in [3.05, 3.63) is 42.1 Å². The standard InChI is InChI=1S/C18H21F2N3O2/c19-17(20)15-16(25-11-22-15)18(24)23-14-9-5-4-8-13(14)21-10-12-6-2-1-3-7-12/h4-5,8-9,11-12,17,21H,1-3,6-7,10H2,(H,23,24). The van der Waals surface area contributed by atoms with Gasteiger partial charge in [-0.1, -0.05) is 31.4 Å². The van der Waals surface area contributed by atoms with E-state index in [4.69, 9.17) is 4.42 Å². The molecule has 0 bridgehead atoms.